The van der Waals surface area contributed by atoms with Crippen LogP contribution < -0.4 is 0 Å². The summed E-state index contributed by atoms with van der Waals surface area (Å²) in [6, 6.07) is 0. The van der Waals surface area contributed by atoms with Gasteiger partial charge in [-0.25, -0.2) is 0 Å². The van der Waals surface area contributed by atoms with Gasteiger partial charge >= 0.3 is 5.97 Å². The van der Waals surface area contributed by atoms with Gasteiger partial charge in [0.2, 0.25) is 0 Å². The molecule has 0 aromatic heterocycles. The summed E-state index contributed by atoms with van der Waals surface area (Å²) in [5.41, 5.74) is 0. The third-order valence-corrected chi connectivity index (χ3v) is 2.26. The largest absolute Gasteiger partial charge is 0.469 e. The lowest BCUT2D eigenvalue weighted by Gasteiger charge is -2.06. The quantitative estimate of drug-likeness (QED) is 0.391. The van der Waals surface area contributed by atoms with Crippen LogP contribution in [0.1, 0.15) is 12.8 Å². The van der Waals surface area contributed by atoms with E-state index in [1.165, 1.54) is 7.11 Å². The predicted molar refractivity (Wildman–Crippen MR) is 33.4 cm³/mol. The van der Waals surface area contributed by atoms with Crippen LogP contribution in [0.2, 0.25) is 0 Å². The minimum Gasteiger partial charge on any atom is -0.469 e. The van der Waals surface area contributed by atoms with Crippen LogP contribution in [-0.2, 0) is 14.3 Å². The molecule has 0 spiro atoms. The number of esters is 1. The minimum absolute atomic E-state index is 0.0733. The van der Waals surface area contributed by atoms with Gasteiger partial charge in [-0.2, -0.15) is 0 Å². The number of methoxy groups -OCH3 is 1. The molecule has 2 fully saturated rings. The Morgan fingerprint density at radius 2 is 2.10 bits per heavy atom. The maximum absolute atomic E-state index is 10.9. The lowest BCUT2D eigenvalue weighted by molar-refractivity contribution is -0.146. The maximum Gasteiger partial charge on any atom is 0.308 e. The van der Waals surface area contributed by atoms with E-state index in [0.29, 0.717) is 12.2 Å². The molecular formula is C7H10O3. The normalized spacial score (nSPS) is 42.7. The van der Waals surface area contributed by atoms with E-state index >= 15 is 0 Å². The van der Waals surface area contributed by atoms with E-state index < -0.39 is 0 Å². The molecule has 1 heterocycles. The molecule has 2 atom stereocenters. The van der Waals surface area contributed by atoms with Gasteiger partial charge in [-0.3, -0.25) is 4.79 Å². The van der Waals surface area contributed by atoms with Crippen LogP contribution in [0.15, 0.2) is 0 Å². The number of ether oxygens (including phenoxy) is 2. The zero-order valence-electron chi connectivity index (χ0n) is 5.87. The molecule has 3 nitrogen and oxygen atoms in total. The first kappa shape index (κ1) is 6.16. The predicted octanol–water partition coefficient (Wildman–Crippen LogP) is 0.337. The van der Waals surface area contributed by atoms with Gasteiger partial charge in [-0.1, -0.05) is 0 Å². The molecule has 0 amide bonds. The third-order valence-electron chi connectivity index (χ3n) is 2.26. The highest BCUT2D eigenvalue weighted by atomic mass is 16.6. The van der Waals surface area contributed by atoms with Crippen LogP contribution in [-0.4, -0.2) is 25.3 Å². The van der Waals surface area contributed by atoms with Gasteiger partial charge in [-0.15, -0.1) is 0 Å². The number of carbonyl (C=O) groups excluding carboxylic acids is 1. The second kappa shape index (κ2) is 1.95. The molecule has 0 radical (unpaired) electrons. The number of epoxide rings is 1. The first-order valence-electron chi connectivity index (χ1n) is 3.54. The van der Waals surface area contributed by atoms with Gasteiger partial charge < -0.3 is 9.47 Å². The van der Waals surface area contributed by atoms with Crippen molar-refractivity contribution in [1.29, 1.82) is 0 Å². The topological polar surface area (TPSA) is 38.8 Å². The van der Waals surface area contributed by atoms with E-state index in [9.17, 15) is 4.79 Å². The molecule has 3 heteroatoms. The van der Waals surface area contributed by atoms with Gasteiger partial charge in [0.25, 0.3) is 0 Å². The van der Waals surface area contributed by atoms with Crippen molar-refractivity contribution in [3.05, 3.63) is 0 Å². The first-order chi connectivity index (χ1) is 4.81. The number of fused-ring (bicyclic) bond motifs is 1. The van der Waals surface area contributed by atoms with E-state index in [-0.39, 0.29) is 11.9 Å². The summed E-state index contributed by atoms with van der Waals surface area (Å²) in [4.78, 5) is 10.9. The fourth-order valence-corrected chi connectivity index (χ4v) is 1.61. The molecule has 1 aliphatic heterocycles. The van der Waals surface area contributed by atoms with Crippen molar-refractivity contribution in [3.8, 4) is 0 Å². The second-order valence-corrected chi connectivity index (χ2v) is 2.90. The summed E-state index contributed by atoms with van der Waals surface area (Å²) >= 11 is 0. The van der Waals surface area contributed by atoms with Gasteiger partial charge in [0.1, 0.15) is 0 Å². The summed E-state index contributed by atoms with van der Waals surface area (Å²) in [5.74, 6) is 0.0459. The molecule has 0 N–H and O–H groups in total. The zero-order valence-corrected chi connectivity index (χ0v) is 5.87. The fourth-order valence-electron chi connectivity index (χ4n) is 1.61. The minimum atomic E-state index is -0.0733. The number of hydrogen-bond acceptors (Lipinski definition) is 3. The van der Waals surface area contributed by atoms with Crippen molar-refractivity contribution in [3.63, 3.8) is 0 Å². The van der Waals surface area contributed by atoms with Crippen molar-refractivity contribution in [2.75, 3.05) is 7.11 Å². The Kier molecular flexibility index (Phi) is 1.20. The van der Waals surface area contributed by atoms with Crippen molar-refractivity contribution in [2.45, 2.75) is 25.0 Å². The molecular weight excluding hydrogens is 132 g/mol. The zero-order chi connectivity index (χ0) is 7.14. The smallest absolute Gasteiger partial charge is 0.308 e. The molecule has 0 aromatic carbocycles. The van der Waals surface area contributed by atoms with Crippen molar-refractivity contribution in [1.82, 2.24) is 0 Å². The summed E-state index contributed by atoms with van der Waals surface area (Å²) in [7, 11) is 1.44. The Morgan fingerprint density at radius 1 is 1.50 bits per heavy atom. The van der Waals surface area contributed by atoms with Crippen molar-refractivity contribution >= 4 is 5.97 Å². The summed E-state index contributed by atoms with van der Waals surface area (Å²) < 4.78 is 9.78. The monoisotopic (exact) mass is 142 g/mol. The molecule has 10 heavy (non-hydrogen) atoms. The highest BCUT2D eigenvalue weighted by molar-refractivity contribution is 5.73. The van der Waals surface area contributed by atoms with Crippen LogP contribution in [0.25, 0.3) is 0 Å². The summed E-state index contributed by atoms with van der Waals surface area (Å²) in [5, 5.41) is 0. The van der Waals surface area contributed by atoms with Gasteiger partial charge in [0.05, 0.1) is 25.2 Å². The Balaban J connectivity index is 1.90. The molecule has 56 valence electrons. The average molecular weight is 142 g/mol. The van der Waals surface area contributed by atoms with Crippen LogP contribution in [0.3, 0.4) is 0 Å². The van der Waals surface area contributed by atoms with E-state index in [4.69, 9.17) is 4.74 Å². The number of carbonyl (C=O) groups is 1. The molecule has 2 unspecified atom stereocenters. The van der Waals surface area contributed by atoms with Crippen LogP contribution in [0, 0.1) is 5.92 Å². The van der Waals surface area contributed by atoms with Crippen molar-refractivity contribution in [2.24, 2.45) is 5.92 Å². The number of hydrogen-bond donors (Lipinski definition) is 0. The molecule has 2 rings (SSSR count). The first-order valence-corrected chi connectivity index (χ1v) is 3.54. The standard InChI is InChI=1S/C7H10O3/c1-9-7(8)4-2-5-6(3-4)10-5/h4-6H,2-3H2,1H3. The van der Waals surface area contributed by atoms with Crippen molar-refractivity contribution < 1.29 is 14.3 Å². The van der Waals surface area contributed by atoms with Crippen LogP contribution in [0.4, 0.5) is 0 Å². The highest BCUT2D eigenvalue weighted by Gasteiger charge is 2.50. The van der Waals surface area contributed by atoms with E-state index in [1.54, 1.807) is 0 Å². The third kappa shape index (κ3) is 0.814. The lowest BCUT2D eigenvalue weighted by Crippen LogP contribution is -2.14. The van der Waals surface area contributed by atoms with Gasteiger partial charge in [0.15, 0.2) is 0 Å². The Bertz CT molecular complexity index is 156. The van der Waals surface area contributed by atoms with E-state index in [2.05, 4.69) is 4.74 Å². The molecule has 0 bridgehead atoms. The Labute approximate surface area is 59.3 Å². The Hall–Kier alpha value is -0.570. The van der Waals surface area contributed by atoms with E-state index in [0.717, 1.165) is 12.8 Å². The SMILES string of the molecule is COC(=O)C1CC2OC2C1. The van der Waals surface area contributed by atoms with Crippen LogP contribution in [0.5, 0.6) is 0 Å². The van der Waals surface area contributed by atoms with E-state index in [1.807, 2.05) is 0 Å². The maximum atomic E-state index is 10.9. The number of rotatable bonds is 1. The van der Waals surface area contributed by atoms with Crippen LogP contribution >= 0.6 is 0 Å². The lowest BCUT2D eigenvalue weighted by atomic mass is 10.1. The van der Waals surface area contributed by atoms with Gasteiger partial charge in [-0.05, 0) is 12.8 Å². The molecule has 1 saturated carbocycles. The average Bonchev–Trinajstić information content (AvgIpc) is 2.57. The fraction of sp³-hybridized carbons (Fsp3) is 0.857. The molecule has 2 aliphatic rings. The summed E-state index contributed by atoms with van der Waals surface area (Å²) in [6.45, 7) is 0. The summed E-state index contributed by atoms with van der Waals surface area (Å²) in [6.07, 6.45) is 2.50. The second-order valence-electron chi connectivity index (χ2n) is 2.90. The Morgan fingerprint density at radius 3 is 2.60 bits per heavy atom. The molecule has 0 aromatic rings. The molecule has 1 saturated heterocycles. The van der Waals surface area contributed by atoms with Gasteiger partial charge in [0, 0.05) is 0 Å². The highest BCUT2D eigenvalue weighted by Crippen LogP contribution is 2.42. The molecule has 1 aliphatic carbocycles.